The molecule has 9 nitrogen and oxygen atoms in total. The molecule has 2 atom stereocenters. The smallest absolute Gasteiger partial charge is 0.267 e. The summed E-state index contributed by atoms with van der Waals surface area (Å²) < 4.78 is 23.0. The molecule has 3 aliphatic rings. The van der Waals surface area contributed by atoms with Crippen LogP contribution >= 0.6 is 0 Å². The highest BCUT2D eigenvalue weighted by molar-refractivity contribution is 5.99. The summed E-state index contributed by atoms with van der Waals surface area (Å²) in [5, 5.41) is 5.03. The maximum atomic E-state index is 13.3. The minimum absolute atomic E-state index is 0.0600. The van der Waals surface area contributed by atoms with Crippen LogP contribution in [0.1, 0.15) is 61.0 Å². The van der Waals surface area contributed by atoms with Crippen LogP contribution in [0.5, 0.6) is 17.2 Å². The Kier molecular flexibility index (Phi) is 8.41. The summed E-state index contributed by atoms with van der Waals surface area (Å²) in [6.45, 7) is 6.20. The molecule has 0 aliphatic carbocycles. The Balaban J connectivity index is 0.964. The fourth-order valence-electron chi connectivity index (χ4n) is 7.73. The molecule has 7 rings (SSSR count). The molecule has 2 aromatic carbocycles. The molecule has 4 aromatic rings. The number of carbonyl (C=O) groups is 1. The molecule has 3 aliphatic heterocycles. The zero-order valence-electron chi connectivity index (χ0n) is 25.9. The topological polar surface area (TPSA) is 92.2 Å². The molecule has 5 heterocycles. The van der Waals surface area contributed by atoms with Gasteiger partial charge in [0.15, 0.2) is 0 Å². The Labute approximate surface area is 258 Å². The van der Waals surface area contributed by atoms with E-state index in [0.717, 1.165) is 59.7 Å². The molecule has 3 saturated heterocycles. The van der Waals surface area contributed by atoms with E-state index in [4.69, 9.17) is 18.6 Å². The number of benzene rings is 2. The second-order valence-electron chi connectivity index (χ2n) is 12.7. The number of aromatic nitrogens is 1. The van der Waals surface area contributed by atoms with Crippen LogP contribution < -0.4 is 19.5 Å². The quantitative estimate of drug-likeness (QED) is 0.245. The number of hydrogen-bond acceptors (Lipinski definition) is 7. The van der Waals surface area contributed by atoms with Gasteiger partial charge in [-0.3, -0.25) is 4.79 Å². The molecule has 44 heavy (non-hydrogen) atoms. The van der Waals surface area contributed by atoms with Crippen LogP contribution in [0.3, 0.4) is 0 Å². The summed E-state index contributed by atoms with van der Waals surface area (Å²) in [7, 11) is 3.24. The van der Waals surface area contributed by atoms with Gasteiger partial charge in [0, 0.05) is 60.3 Å². The third-order valence-corrected chi connectivity index (χ3v) is 10.0. The monoisotopic (exact) mass is 600 g/mol. The van der Waals surface area contributed by atoms with Crippen LogP contribution in [-0.4, -0.2) is 79.7 Å². The summed E-state index contributed by atoms with van der Waals surface area (Å²) >= 11 is 0. The van der Waals surface area contributed by atoms with Gasteiger partial charge < -0.3 is 38.7 Å². The van der Waals surface area contributed by atoms with E-state index in [1.807, 2.05) is 36.4 Å². The molecule has 0 radical (unpaired) electrons. The van der Waals surface area contributed by atoms with Gasteiger partial charge in [-0.2, -0.15) is 0 Å². The number of nitrogens with one attached hydrogen (secondary N) is 2. The zero-order valence-corrected chi connectivity index (χ0v) is 25.9. The van der Waals surface area contributed by atoms with Crippen LogP contribution in [0.15, 0.2) is 47.1 Å². The Morgan fingerprint density at radius 3 is 2.68 bits per heavy atom. The van der Waals surface area contributed by atoms with E-state index >= 15 is 0 Å². The van der Waals surface area contributed by atoms with Crippen LogP contribution in [0.25, 0.3) is 21.9 Å². The third-order valence-electron chi connectivity index (χ3n) is 10.0. The molecule has 234 valence electrons. The lowest BCUT2D eigenvalue weighted by Gasteiger charge is -2.46. The van der Waals surface area contributed by atoms with Gasteiger partial charge in [-0.05, 0) is 75.7 Å². The number of rotatable bonds is 9. The largest absolute Gasteiger partial charge is 0.496 e. The number of methoxy groups -OCH3 is 2. The van der Waals surface area contributed by atoms with Crippen LogP contribution in [0.2, 0.25) is 0 Å². The minimum Gasteiger partial charge on any atom is -0.496 e. The highest BCUT2D eigenvalue weighted by atomic mass is 16.5. The SMILES string of the molecule is COc1cc(OC)c2c(COc3cccc4[nH]c(C(=O)NC5CCN(C[C@@H]6CCCN7CCCC[C@H]67)CC5)cc34)coc2c1. The van der Waals surface area contributed by atoms with Gasteiger partial charge in [0.05, 0.1) is 25.9 Å². The van der Waals surface area contributed by atoms with Crippen LogP contribution in [0, 0.1) is 5.92 Å². The maximum Gasteiger partial charge on any atom is 0.267 e. The number of ether oxygens (including phenoxy) is 3. The molecule has 0 saturated carbocycles. The molecule has 2 N–H and O–H groups in total. The van der Waals surface area contributed by atoms with Gasteiger partial charge in [0.1, 0.15) is 35.1 Å². The highest BCUT2D eigenvalue weighted by Crippen LogP contribution is 2.36. The number of likely N-dealkylation sites (tertiary alicyclic amines) is 1. The lowest BCUT2D eigenvalue weighted by Crippen LogP contribution is -2.52. The fourth-order valence-corrected chi connectivity index (χ4v) is 7.73. The number of furan rings is 1. The Morgan fingerprint density at radius 1 is 0.977 bits per heavy atom. The third kappa shape index (κ3) is 5.87. The number of fused-ring (bicyclic) bond motifs is 3. The summed E-state index contributed by atoms with van der Waals surface area (Å²) in [6, 6.07) is 12.4. The summed E-state index contributed by atoms with van der Waals surface area (Å²) in [5.74, 6) is 2.78. The van der Waals surface area contributed by atoms with Crippen molar-refractivity contribution < 1.29 is 23.4 Å². The number of piperidine rings is 3. The first-order valence-corrected chi connectivity index (χ1v) is 16.2. The highest BCUT2D eigenvalue weighted by Gasteiger charge is 2.34. The number of aromatic amines is 1. The summed E-state index contributed by atoms with van der Waals surface area (Å²) in [6.07, 6.45) is 10.5. The molecule has 0 unspecified atom stereocenters. The molecule has 1 amide bonds. The van der Waals surface area contributed by atoms with E-state index in [-0.39, 0.29) is 11.9 Å². The predicted molar refractivity (Wildman–Crippen MR) is 171 cm³/mol. The number of nitrogens with zero attached hydrogens (tertiary/aromatic N) is 2. The van der Waals surface area contributed by atoms with Gasteiger partial charge in [0.2, 0.25) is 0 Å². The van der Waals surface area contributed by atoms with Crippen LogP contribution in [-0.2, 0) is 6.61 Å². The Morgan fingerprint density at radius 2 is 1.84 bits per heavy atom. The first kappa shape index (κ1) is 29.0. The van der Waals surface area contributed by atoms with E-state index in [1.54, 1.807) is 20.5 Å². The predicted octanol–water partition coefficient (Wildman–Crippen LogP) is 5.97. The van der Waals surface area contributed by atoms with Crippen molar-refractivity contribution in [2.45, 2.75) is 63.6 Å². The molecule has 0 bridgehead atoms. The van der Waals surface area contributed by atoms with E-state index in [1.165, 1.54) is 51.7 Å². The maximum absolute atomic E-state index is 13.3. The standard InChI is InChI=1S/C35H44N4O5/c1-41-26-17-32(42-2)34-24(22-44-33(34)18-26)21-43-31-10-5-8-28-27(31)19-29(37-28)35(40)36-25-11-15-38(16-12-25)20-23-7-6-14-39-13-4-3-9-30(23)39/h5,8,10,17-19,22-23,25,30,37H,3-4,6-7,9,11-16,20-21H2,1-2H3,(H,36,40)/t23-,30+/m0/s1. The van der Waals surface area contributed by atoms with E-state index < -0.39 is 0 Å². The van der Waals surface area contributed by atoms with Gasteiger partial charge in [0.25, 0.3) is 5.91 Å². The molecule has 9 heteroatoms. The average Bonchev–Trinajstić information content (AvgIpc) is 3.69. The van der Waals surface area contributed by atoms with Crippen molar-refractivity contribution in [3.8, 4) is 17.2 Å². The summed E-state index contributed by atoms with van der Waals surface area (Å²) in [4.78, 5) is 22.0. The van der Waals surface area contributed by atoms with Gasteiger partial charge in [-0.25, -0.2) is 0 Å². The number of hydrogen-bond donors (Lipinski definition) is 2. The Bertz CT molecular complexity index is 1600. The first-order valence-electron chi connectivity index (χ1n) is 16.2. The number of amides is 1. The van der Waals surface area contributed by atoms with E-state index in [0.29, 0.717) is 35.1 Å². The van der Waals surface area contributed by atoms with Crippen molar-refractivity contribution >= 4 is 27.8 Å². The van der Waals surface area contributed by atoms with E-state index in [2.05, 4.69) is 20.1 Å². The zero-order chi connectivity index (χ0) is 30.0. The molecular formula is C35H44N4O5. The van der Waals surface area contributed by atoms with Crippen molar-refractivity contribution in [2.24, 2.45) is 5.92 Å². The summed E-state index contributed by atoms with van der Waals surface area (Å²) in [5.41, 5.74) is 2.97. The lowest BCUT2D eigenvalue weighted by molar-refractivity contribution is 0.0351. The minimum atomic E-state index is -0.0600. The van der Waals surface area contributed by atoms with Crippen molar-refractivity contribution in [3.63, 3.8) is 0 Å². The average molecular weight is 601 g/mol. The van der Waals surface area contributed by atoms with Gasteiger partial charge in [-0.1, -0.05) is 12.5 Å². The van der Waals surface area contributed by atoms with Crippen molar-refractivity contribution in [1.29, 1.82) is 0 Å². The van der Waals surface area contributed by atoms with Crippen molar-refractivity contribution in [2.75, 3.05) is 46.9 Å². The van der Waals surface area contributed by atoms with Gasteiger partial charge >= 0.3 is 0 Å². The lowest BCUT2D eigenvalue weighted by atomic mass is 9.83. The van der Waals surface area contributed by atoms with Crippen LogP contribution in [0.4, 0.5) is 0 Å². The van der Waals surface area contributed by atoms with E-state index in [9.17, 15) is 4.79 Å². The molecule has 0 spiro atoms. The second kappa shape index (κ2) is 12.7. The molecule has 2 aromatic heterocycles. The Hall–Kier alpha value is -3.69. The fraction of sp³-hybridized carbons (Fsp3) is 0.514. The molecular weight excluding hydrogens is 556 g/mol. The molecule has 3 fully saturated rings. The number of H-pyrrole nitrogens is 1. The van der Waals surface area contributed by atoms with Gasteiger partial charge in [-0.15, -0.1) is 0 Å². The van der Waals surface area contributed by atoms with Crippen molar-refractivity contribution in [3.05, 3.63) is 53.9 Å². The van der Waals surface area contributed by atoms with Crippen molar-refractivity contribution in [1.82, 2.24) is 20.1 Å². The number of carbonyl (C=O) groups excluding carboxylic acids is 1. The second-order valence-corrected chi connectivity index (χ2v) is 12.7. The first-order chi connectivity index (χ1) is 21.6. The normalized spacial score (nSPS) is 21.8.